The zero-order chi connectivity index (χ0) is 14.9. The SMILES string of the molecule is O=C(C1CC(F)(F)CN1)N1CCN(Cc2cscn2)CC1. The Morgan fingerprint density at radius 1 is 1.43 bits per heavy atom. The molecular weight excluding hydrogens is 298 g/mol. The van der Waals surface area contributed by atoms with Crippen LogP contribution in [0.5, 0.6) is 0 Å². The van der Waals surface area contributed by atoms with Crippen molar-refractivity contribution in [3.63, 3.8) is 0 Å². The van der Waals surface area contributed by atoms with Gasteiger partial charge in [-0.25, -0.2) is 13.8 Å². The number of nitrogens with one attached hydrogen (secondary N) is 1. The second kappa shape index (κ2) is 5.94. The topological polar surface area (TPSA) is 48.5 Å². The van der Waals surface area contributed by atoms with E-state index in [1.807, 2.05) is 5.38 Å². The summed E-state index contributed by atoms with van der Waals surface area (Å²) in [6, 6.07) is -0.731. The molecule has 1 aromatic rings. The lowest BCUT2D eigenvalue weighted by molar-refractivity contribution is -0.135. The van der Waals surface area contributed by atoms with E-state index in [1.54, 1.807) is 21.7 Å². The maximum absolute atomic E-state index is 13.1. The van der Waals surface area contributed by atoms with E-state index in [2.05, 4.69) is 15.2 Å². The Labute approximate surface area is 125 Å². The highest BCUT2D eigenvalue weighted by Gasteiger charge is 2.43. The standard InChI is InChI=1S/C13H18F2N4OS/c14-13(15)5-11(16-8-13)12(20)19-3-1-18(2-4-19)6-10-7-21-9-17-10/h7,9,11,16H,1-6,8H2. The first-order valence-corrected chi connectivity index (χ1v) is 7.97. The zero-order valence-electron chi connectivity index (χ0n) is 11.6. The van der Waals surface area contributed by atoms with Gasteiger partial charge in [0.15, 0.2) is 0 Å². The normalized spacial score (nSPS) is 26.2. The van der Waals surface area contributed by atoms with Gasteiger partial charge >= 0.3 is 0 Å². The fourth-order valence-corrected chi connectivity index (χ4v) is 3.33. The van der Waals surface area contributed by atoms with E-state index in [4.69, 9.17) is 0 Å². The lowest BCUT2D eigenvalue weighted by atomic mass is 10.1. The molecule has 2 fully saturated rings. The number of hydrogen-bond donors (Lipinski definition) is 1. The summed E-state index contributed by atoms with van der Waals surface area (Å²) in [4.78, 5) is 20.4. The van der Waals surface area contributed by atoms with E-state index in [0.29, 0.717) is 13.1 Å². The highest BCUT2D eigenvalue weighted by molar-refractivity contribution is 7.07. The van der Waals surface area contributed by atoms with Crippen molar-refractivity contribution in [3.8, 4) is 0 Å². The maximum Gasteiger partial charge on any atom is 0.262 e. The molecule has 1 aromatic heterocycles. The van der Waals surface area contributed by atoms with Crippen LogP contribution in [0.3, 0.4) is 0 Å². The Balaban J connectivity index is 1.48. The summed E-state index contributed by atoms with van der Waals surface area (Å²) in [5, 5.41) is 4.64. The summed E-state index contributed by atoms with van der Waals surface area (Å²) < 4.78 is 26.3. The summed E-state index contributed by atoms with van der Waals surface area (Å²) in [5.74, 6) is -2.95. The van der Waals surface area contributed by atoms with Crippen LogP contribution in [0.25, 0.3) is 0 Å². The molecule has 3 rings (SSSR count). The predicted molar refractivity (Wildman–Crippen MR) is 75.3 cm³/mol. The van der Waals surface area contributed by atoms with E-state index in [-0.39, 0.29) is 12.3 Å². The molecule has 0 spiro atoms. The molecule has 1 atom stereocenters. The number of piperazine rings is 1. The highest BCUT2D eigenvalue weighted by atomic mass is 32.1. The van der Waals surface area contributed by atoms with Crippen molar-refractivity contribution in [2.45, 2.75) is 24.9 Å². The minimum absolute atomic E-state index is 0.194. The number of halogens is 2. The number of rotatable bonds is 3. The van der Waals surface area contributed by atoms with Crippen molar-refractivity contribution >= 4 is 17.2 Å². The van der Waals surface area contributed by atoms with Crippen LogP contribution < -0.4 is 5.32 Å². The summed E-state index contributed by atoms with van der Waals surface area (Å²) in [7, 11) is 0. The number of alkyl halides is 2. The van der Waals surface area contributed by atoms with Gasteiger partial charge in [-0.2, -0.15) is 0 Å². The van der Waals surface area contributed by atoms with Gasteiger partial charge < -0.3 is 4.90 Å². The molecule has 2 aliphatic heterocycles. The van der Waals surface area contributed by atoms with Gasteiger partial charge in [-0.15, -0.1) is 11.3 Å². The smallest absolute Gasteiger partial charge is 0.262 e. The average Bonchev–Trinajstić information content (AvgIpc) is 3.08. The fourth-order valence-electron chi connectivity index (χ4n) is 2.78. The molecular formula is C13H18F2N4OS. The number of amides is 1. The number of aromatic nitrogens is 1. The number of carbonyl (C=O) groups excluding carboxylic acids is 1. The van der Waals surface area contributed by atoms with Crippen molar-refractivity contribution in [1.29, 1.82) is 0 Å². The summed E-state index contributed by atoms with van der Waals surface area (Å²) in [6.45, 7) is 3.08. The van der Waals surface area contributed by atoms with Crippen molar-refractivity contribution in [3.05, 3.63) is 16.6 Å². The van der Waals surface area contributed by atoms with E-state index >= 15 is 0 Å². The van der Waals surface area contributed by atoms with Crippen LogP contribution in [-0.4, -0.2) is 65.4 Å². The Morgan fingerprint density at radius 3 is 2.76 bits per heavy atom. The zero-order valence-corrected chi connectivity index (χ0v) is 12.4. The first-order valence-electron chi connectivity index (χ1n) is 7.03. The fraction of sp³-hybridized carbons (Fsp3) is 0.692. The highest BCUT2D eigenvalue weighted by Crippen LogP contribution is 2.26. The third-order valence-corrected chi connectivity index (χ3v) is 4.60. The van der Waals surface area contributed by atoms with Gasteiger partial charge in [-0.3, -0.25) is 15.0 Å². The quantitative estimate of drug-likeness (QED) is 0.895. The number of carbonyl (C=O) groups is 1. The van der Waals surface area contributed by atoms with Crippen molar-refractivity contribution in [1.82, 2.24) is 20.1 Å². The molecule has 2 saturated heterocycles. The van der Waals surface area contributed by atoms with Crippen LogP contribution in [0, 0.1) is 0 Å². The first-order chi connectivity index (χ1) is 10.0. The molecule has 1 N–H and O–H groups in total. The molecule has 1 unspecified atom stereocenters. The molecule has 3 heterocycles. The van der Waals surface area contributed by atoms with Gasteiger partial charge in [0.1, 0.15) is 0 Å². The Bertz CT molecular complexity index is 488. The molecule has 0 aromatic carbocycles. The largest absolute Gasteiger partial charge is 0.339 e. The van der Waals surface area contributed by atoms with E-state index in [9.17, 15) is 13.6 Å². The number of nitrogens with zero attached hydrogens (tertiary/aromatic N) is 3. The van der Waals surface area contributed by atoms with Gasteiger partial charge in [0, 0.05) is 44.5 Å². The number of hydrogen-bond acceptors (Lipinski definition) is 5. The molecule has 5 nitrogen and oxygen atoms in total. The van der Waals surface area contributed by atoms with Crippen molar-refractivity contribution in [2.24, 2.45) is 0 Å². The van der Waals surface area contributed by atoms with Crippen LogP contribution in [0.2, 0.25) is 0 Å². The third-order valence-electron chi connectivity index (χ3n) is 3.96. The van der Waals surface area contributed by atoms with Gasteiger partial charge in [0.2, 0.25) is 5.91 Å². The Kier molecular flexibility index (Phi) is 4.19. The lowest BCUT2D eigenvalue weighted by Crippen LogP contribution is -2.52. The van der Waals surface area contributed by atoms with Crippen molar-refractivity contribution in [2.75, 3.05) is 32.7 Å². The van der Waals surface area contributed by atoms with Crippen LogP contribution >= 0.6 is 11.3 Å². The molecule has 116 valence electrons. The lowest BCUT2D eigenvalue weighted by Gasteiger charge is -2.35. The van der Waals surface area contributed by atoms with Crippen molar-refractivity contribution < 1.29 is 13.6 Å². The molecule has 8 heteroatoms. The summed E-state index contributed by atoms with van der Waals surface area (Å²) in [6.07, 6.45) is -0.384. The van der Waals surface area contributed by atoms with E-state index in [1.165, 1.54) is 0 Å². The van der Waals surface area contributed by atoms with Gasteiger partial charge in [0.25, 0.3) is 5.92 Å². The maximum atomic E-state index is 13.1. The molecule has 0 aliphatic carbocycles. The summed E-state index contributed by atoms with van der Waals surface area (Å²) in [5.41, 5.74) is 2.85. The molecule has 0 bridgehead atoms. The van der Waals surface area contributed by atoms with Gasteiger partial charge in [0.05, 0.1) is 23.8 Å². The molecule has 2 aliphatic rings. The predicted octanol–water partition coefficient (Wildman–Crippen LogP) is 0.784. The third kappa shape index (κ3) is 3.56. The van der Waals surface area contributed by atoms with Crippen LogP contribution in [-0.2, 0) is 11.3 Å². The Hall–Kier alpha value is -1.12. The molecule has 21 heavy (non-hydrogen) atoms. The molecule has 0 radical (unpaired) electrons. The second-order valence-corrected chi connectivity index (χ2v) is 6.29. The van der Waals surface area contributed by atoms with Crippen LogP contribution in [0.1, 0.15) is 12.1 Å². The van der Waals surface area contributed by atoms with E-state index < -0.39 is 18.5 Å². The first kappa shape index (κ1) is 14.8. The van der Waals surface area contributed by atoms with Gasteiger partial charge in [-0.05, 0) is 0 Å². The van der Waals surface area contributed by atoms with Gasteiger partial charge in [-0.1, -0.05) is 0 Å². The molecule has 0 saturated carbocycles. The van der Waals surface area contributed by atoms with Crippen LogP contribution in [0.4, 0.5) is 8.78 Å². The van der Waals surface area contributed by atoms with E-state index in [0.717, 1.165) is 25.3 Å². The number of thiazole rings is 1. The minimum atomic E-state index is -2.76. The summed E-state index contributed by atoms with van der Waals surface area (Å²) >= 11 is 1.57. The van der Waals surface area contributed by atoms with Crippen LogP contribution in [0.15, 0.2) is 10.9 Å². The monoisotopic (exact) mass is 316 g/mol. The second-order valence-electron chi connectivity index (χ2n) is 5.57. The average molecular weight is 316 g/mol. The Morgan fingerprint density at radius 2 is 2.19 bits per heavy atom. The minimum Gasteiger partial charge on any atom is -0.339 e. The molecule has 1 amide bonds.